The van der Waals surface area contributed by atoms with Crippen LogP contribution in [0.5, 0.6) is 0 Å². The second-order valence-corrected chi connectivity index (χ2v) is 4.33. The lowest BCUT2D eigenvalue weighted by Crippen LogP contribution is -2.28. The van der Waals surface area contributed by atoms with Crippen LogP contribution in [0.3, 0.4) is 0 Å². The molecule has 0 radical (unpaired) electrons. The van der Waals surface area contributed by atoms with Gasteiger partial charge in [-0.25, -0.2) is 9.48 Å². The van der Waals surface area contributed by atoms with Gasteiger partial charge in [0.05, 0.1) is 31.8 Å². The van der Waals surface area contributed by atoms with Crippen LogP contribution in [0.2, 0.25) is 0 Å². The van der Waals surface area contributed by atoms with E-state index in [-0.39, 0.29) is 24.4 Å². The van der Waals surface area contributed by atoms with Crippen LogP contribution in [0.4, 0.5) is 0 Å². The molecule has 0 atom stereocenters. The van der Waals surface area contributed by atoms with E-state index >= 15 is 0 Å². The number of nitrogens with zero attached hydrogens (tertiary/aromatic N) is 2. The first-order chi connectivity index (χ1) is 10.1. The van der Waals surface area contributed by atoms with Crippen LogP contribution in [-0.4, -0.2) is 47.8 Å². The van der Waals surface area contributed by atoms with Gasteiger partial charge >= 0.3 is 5.97 Å². The number of carbonyl (C=O) groups is 1. The monoisotopic (exact) mass is 292 g/mol. The van der Waals surface area contributed by atoms with E-state index in [0.717, 1.165) is 4.68 Å². The zero-order valence-electron chi connectivity index (χ0n) is 11.6. The maximum atomic E-state index is 12.3. The Morgan fingerprint density at radius 1 is 1.24 bits per heavy atom. The number of hydrogen-bond acceptors (Lipinski definition) is 5. The van der Waals surface area contributed by atoms with Crippen molar-refractivity contribution >= 4 is 16.7 Å². The zero-order chi connectivity index (χ0) is 15.2. The Kier molecular flexibility index (Phi) is 5.02. The summed E-state index contributed by atoms with van der Waals surface area (Å²) < 4.78 is 11.2. The van der Waals surface area contributed by atoms with Crippen molar-refractivity contribution < 1.29 is 19.4 Å². The fourth-order valence-corrected chi connectivity index (χ4v) is 1.94. The molecule has 7 heteroatoms. The predicted molar refractivity (Wildman–Crippen MR) is 75.7 cm³/mol. The number of aromatic carboxylic acids is 1. The van der Waals surface area contributed by atoms with Crippen LogP contribution >= 0.6 is 0 Å². The minimum absolute atomic E-state index is 0.137. The third kappa shape index (κ3) is 3.45. The van der Waals surface area contributed by atoms with Gasteiger partial charge in [0, 0.05) is 12.5 Å². The van der Waals surface area contributed by atoms with Crippen molar-refractivity contribution in [3.8, 4) is 0 Å². The minimum atomic E-state index is -1.17. The maximum absolute atomic E-state index is 12.3. The Bertz CT molecular complexity index is 695. The number of methoxy groups -OCH3 is 1. The standard InChI is InChI=1S/C14H16N2O5/c1-20-8-9-21-7-6-16-13(17)11-5-3-2-4-10(11)12(15-16)14(18)19/h2-5H,6-9H2,1H3,(H,18,19). The van der Waals surface area contributed by atoms with E-state index in [0.29, 0.717) is 24.0 Å². The summed E-state index contributed by atoms with van der Waals surface area (Å²) in [6, 6.07) is 6.53. The van der Waals surface area contributed by atoms with Crippen molar-refractivity contribution in [2.24, 2.45) is 0 Å². The van der Waals surface area contributed by atoms with Gasteiger partial charge < -0.3 is 14.6 Å². The van der Waals surface area contributed by atoms with Crippen LogP contribution < -0.4 is 5.56 Å². The molecule has 0 amide bonds. The molecular weight excluding hydrogens is 276 g/mol. The molecule has 2 aromatic rings. The number of carboxylic acids is 1. The summed E-state index contributed by atoms with van der Waals surface area (Å²) >= 11 is 0. The second-order valence-electron chi connectivity index (χ2n) is 4.33. The number of carboxylic acid groups (broad SMARTS) is 1. The molecule has 0 aliphatic heterocycles. The van der Waals surface area contributed by atoms with Crippen LogP contribution in [0.1, 0.15) is 10.5 Å². The number of hydrogen-bond donors (Lipinski definition) is 1. The minimum Gasteiger partial charge on any atom is -0.476 e. The molecule has 0 saturated heterocycles. The first kappa shape index (κ1) is 15.1. The molecule has 0 fully saturated rings. The Hall–Kier alpha value is -2.25. The fraction of sp³-hybridized carbons (Fsp3) is 0.357. The number of rotatable bonds is 7. The topological polar surface area (TPSA) is 90.7 Å². The lowest BCUT2D eigenvalue weighted by molar-refractivity contribution is 0.0637. The molecule has 1 heterocycles. The molecule has 0 saturated carbocycles. The van der Waals surface area contributed by atoms with Crippen LogP contribution in [0.25, 0.3) is 10.8 Å². The maximum Gasteiger partial charge on any atom is 0.357 e. The van der Waals surface area contributed by atoms with E-state index in [1.807, 2.05) is 0 Å². The number of benzene rings is 1. The lowest BCUT2D eigenvalue weighted by Gasteiger charge is -2.09. The summed E-state index contributed by atoms with van der Waals surface area (Å²) in [7, 11) is 1.57. The van der Waals surface area contributed by atoms with Gasteiger partial charge in [-0.3, -0.25) is 4.79 Å². The molecule has 1 aromatic heterocycles. The van der Waals surface area contributed by atoms with Gasteiger partial charge in [-0.2, -0.15) is 5.10 Å². The molecule has 1 aromatic carbocycles. The van der Waals surface area contributed by atoms with Crippen molar-refractivity contribution in [3.05, 3.63) is 40.3 Å². The first-order valence-corrected chi connectivity index (χ1v) is 6.45. The summed E-state index contributed by atoms with van der Waals surface area (Å²) in [4.78, 5) is 23.5. The summed E-state index contributed by atoms with van der Waals surface area (Å²) in [6.45, 7) is 1.31. The number of fused-ring (bicyclic) bond motifs is 1. The van der Waals surface area contributed by atoms with E-state index in [1.165, 1.54) is 0 Å². The molecule has 0 spiro atoms. The van der Waals surface area contributed by atoms with Gasteiger partial charge in [-0.05, 0) is 6.07 Å². The highest BCUT2D eigenvalue weighted by atomic mass is 16.5. The van der Waals surface area contributed by atoms with Gasteiger partial charge in [0.1, 0.15) is 0 Å². The van der Waals surface area contributed by atoms with E-state index in [4.69, 9.17) is 9.47 Å². The summed E-state index contributed by atoms with van der Waals surface area (Å²) in [5.41, 5.74) is -0.465. The van der Waals surface area contributed by atoms with Gasteiger partial charge in [0.25, 0.3) is 5.56 Å². The molecule has 0 aliphatic rings. The van der Waals surface area contributed by atoms with Crippen molar-refractivity contribution in [1.82, 2.24) is 9.78 Å². The van der Waals surface area contributed by atoms with E-state index < -0.39 is 5.97 Å². The largest absolute Gasteiger partial charge is 0.476 e. The Balaban J connectivity index is 2.29. The van der Waals surface area contributed by atoms with E-state index in [2.05, 4.69) is 5.10 Å². The summed E-state index contributed by atoms with van der Waals surface area (Å²) in [5, 5.41) is 13.8. The van der Waals surface area contributed by atoms with Crippen molar-refractivity contribution in [3.63, 3.8) is 0 Å². The smallest absolute Gasteiger partial charge is 0.357 e. The molecular formula is C14H16N2O5. The SMILES string of the molecule is COCCOCCn1nc(C(=O)O)c2ccccc2c1=O. The molecule has 112 valence electrons. The average molecular weight is 292 g/mol. The molecule has 21 heavy (non-hydrogen) atoms. The van der Waals surface area contributed by atoms with Gasteiger partial charge in [-0.15, -0.1) is 0 Å². The van der Waals surface area contributed by atoms with Crippen molar-refractivity contribution in [1.29, 1.82) is 0 Å². The zero-order valence-corrected chi connectivity index (χ0v) is 11.6. The second kappa shape index (κ2) is 6.96. The van der Waals surface area contributed by atoms with Crippen LogP contribution in [0.15, 0.2) is 29.1 Å². The first-order valence-electron chi connectivity index (χ1n) is 6.45. The predicted octanol–water partition coefficient (Wildman–Crippen LogP) is 0.758. The highest BCUT2D eigenvalue weighted by Crippen LogP contribution is 2.12. The molecule has 1 N–H and O–H groups in total. The number of ether oxygens (including phenoxy) is 2. The Morgan fingerprint density at radius 3 is 2.62 bits per heavy atom. The highest BCUT2D eigenvalue weighted by Gasteiger charge is 2.15. The molecule has 0 aliphatic carbocycles. The third-order valence-electron chi connectivity index (χ3n) is 2.95. The van der Waals surface area contributed by atoms with Crippen molar-refractivity contribution in [2.75, 3.05) is 26.9 Å². The lowest BCUT2D eigenvalue weighted by atomic mass is 10.1. The average Bonchev–Trinajstić information content (AvgIpc) is 2.49. The summed E-state index contributed by atoms with van der Waals surface area (Å²) in [6.07, 6.45) is 0. The molecule has 0 bridgehead atoms. The highest BCUT2D eigenvalue weighted by molar-refractivity contribution is 6.01. The summed E-state index contributed by atoms with van der Waals surface area (Å²) in [5.74, 6) is -1.17. The van der Waals surface area contributed by atoms with Gasteiger partial charge in [-0.1, -0.05) is 18.2 Å². The number of aromatic nitrogens is 2. The molecule has 2 rings (SSSR count). The third-order valence-corrected chi connectivity index (χ3v) is 2.95. The Labute approximate surface area is 120 Å². The van der Waals surface area contributed by atoms with Crippen LogP contribution in [-0.2, 0) is 16.0 Å². The molecule has 0 unspecified atom stereocenters. The van der Waals surface area contributed by atoms with Crippen molar-refractivity contribution in [2.45, 2.75) is 6.54 Å². The molecule has 7 nitrogen and oxygen atoms in total. The van der Waals surface area contributed by atoms with Gasteiger partial charge in [0.15, 0.2) is 5.69 Å². The van der Waals surface area contributed by atoms with Crippen LogP contribution in [0, 0.1) is 0 Å². The van der Waals surface area contributed by atoms with E-state index in [1.54, 1.807) is 31.4 Å². The quantitative estimate of drug-likeness (QED) is 0.758. The van der Waals surface area contributed by atoms with Gasteiger partial charge in [0.2, 0.25) is 0 Å². The Morgan fingerprint density at radius 2 is 1.95 bits per heavy atom. The normalized spacial score (nSPS) is 10.9. The fourth-order valence-electron chi connectivity index (χ4n) is 1.94. The van der Waals surface area contributed by atoms with E-state index in [9.17, 15) is 14.7 Å².